The molecule has 0 bridgehead atoms. The number of fused-ring (bicyclic) bond motifs is 1. The number of halogens is 1. The van der Waals surface area contributed by atoms with Gasteiger partial charge in [0.15, 0.2) is 0 Å². The molecular weight excluding hydrogens is 500 g/mol. The van der Waals surface area contributed by atoms with Gasteiger partial charge in [0.05, 0.1) is 23.7 Å². The molecule has 0 amide bonds. The third-order valence-electron chi connectivity index (χ3n) is 6.00. The van der Waals surface area contributed by atoms with E-state index in [1.807, 2.05) is 30.3 Å². The number of hydrogen-bond acceptors (Lipinski definition) is 6. The number of pyridine rings is 1. The number of quaternary nitrogens is 1. The molecule has 9 heteroatoms. The van der Waals surface area contributed by atoms with Crippen LogP contribution in [0.2, 0.25) is 0 Å². The van der Waals surface area contributed by atoms with Crippen LogP contribution in [0.4, 0.5) is 28.4 Å². The first-order valence-corrected chi connectivity index (χ1v) is 12.9. The van der Waals surface area contributed by atoms with E-state index in [0.29, 0.717) is 12.1 Å². The molecule has 4 aromatic rings. The van der Waals surface area contributed by atoms with Crippen molar-refractivity contribution in [2.24, 2.45) is 0 Å². The molecule has 0 saturated carbocycles. The minimum Gasteiger partial charge on any atom is -0.381 e. The van der Waals surface area contributed by atoms with Crippen LogP contribution in [-0.2, 0) is 6.54 Å². The Balaban J connectivity index is 0.00000164. The summed E-state index contributed by atoms with van der Waals surface area (Å²) in [6, 6.07) is 23.0. The number of benzene rings is 3. The molecule has 1 atom stereocenters. The molecule has 0 spiro atoms. The minimum absolute atomic E-state index is 0.0283. The number of anilines is 4. The zero-order chi connectivity index (χ0) is 26.9. The van der Waals surface area contributed by atoms with Crippen LogP contribution in [0.5, 0.6) is 0 Å². The molecule has 1 aromatic heterocycles. The van der Waals surface area contributed by atoms with Crippen molar-refractivity contribution in [1.82, 2.24) is 4.98 Å². The van der Waals surface area contributed by atoms with Crippen LogP contribution in [0.15, 0.2) is 103 Å². The van der Waals surface area contributed by atoms with E-state index in [9.17, 15) is 10.1 Å². The lowest BCUT2D eigenvalue weighted by atomic mass is 10.1. The van der Waals surface area contributed by atoms with Crippen LogP contribution >= 0.6 is 11.6 Å². The molecule has 2 heterocycles. The largest absolute Gasteiger partial charge is 0.381 e. The highest BCUT2D eigenvalue weighted by atomic mass is 35.5. The number of allylic oxidation sites excluding steroid dienone is 1. The number of hydrogen-bond donors (Lipinski definition) is 4. The molecule has 0 fully saturated rings. The van der Waals surface area contributed by atoms with Gasteiger partial charge in [-0.15, -0.1) is 11.6 Å². The Morgan fingerprint density at radius 1 is 0.974 bits per heavy atom. The Kier molecular flexibility index (Phi) is 8.92. The number of nitrogens with zero attached hydrogens (tertiary/aromatic N) is 2. The lowest BCUT2D eigenvalue weighted by Crippen LogP contribution is -3.04. The molecule has 4 N–H and O–H groups in total. The lowest BCUT2D eigenvalue weighted by Gasteiger charge is -2.15. The van der Waals surface area contributed by atoms with Gasteiger partial charge in [-0.3, -0.25) is 15.1 Å². The van der Waals surface area contributed by atoms with Gasteiger partial charge in [-0.05, 0) is 60.2 Å². The predicted octanol–water partition coefficient (Wildman–Crippen LogP) is 5.69. The number of aromatic nitrogens is 1. The van der Waals surface area contributed by atoms with E-state index in [1.54, 1.807) is 12.3 Å². The highest BCUT2D eigenvalue weighted by Gasteiger charge is 2.10. The second-order valence-corrected chi connectivity index (χ2v) is 8.74. The Hall–Kier alpha value is -4.40. The molecule has 0 radical (unpaired) electrons. The second kappa shape index (κ2) is 12.7. The quantitative estimate of drug-likeness (QED) is 0.133. The molecule has 1 unspecified atom stereocenters. The van der Waals surface area contributed by atoms with Crippen molar-refractivity contribution in [2.75, 3.05) is 35.9 Å². The van der Waals surface area contributed by atoms with Crippen molar-refractivity contribution in [3.63, 3.8) is 0 Å². The van der Waals surface area contributed by atoms with Gasteiger partial charge in [-0.25, -0.2) is 0 Å². The summed E-state index contributed by atoms with van der Waals surface area (Å²) in [5.74, 6) is 0. The Morgan fingerprint density at radius 3 is 2.50 bits per heavy atom. The zero-order valence-corrected chi connectivity index (χ0v) is 22.0. The normalized spacial score (nSPS) is 14.2. The Morgan fingerprint density at radius 2 is 1.76 bits per heavy atom. The maximum atomic E-state index is 11.1. The first-order valence-electron chi connectivity index (χ1n) is 12.1. The van der Waals surface area contributed by atoms with Gasteiger partial charge in [0.1, 0.15) is 6.54 Å². The Bertz CT molecular complexity index is 1470. The molecule has 194 valence electrons. The third-order valence-corrected chi connectivity index (χ3v) is 6.00. The van der Waals surface area contributed by atoms with Gasteiger partial charge in [0.2, 0.25) is 0 Å². The van der Waals surface area contributed by atoms with E-state index in [0.717, 1.165) is 40.4 Å². The number of nitro benzene ring substituents is 1. The van der Waals surface area contributed by atoms with Crippen LogP contribution < -0.4 is 20.9 Å². The number of nitro groups is 1. The zero-order valence-electron chi connectivity index (χ0n) is 21.2. The highest BCUT2D eigenvalue weighted by molar-refractivity contribution is 6.15. The summed E-state index contributed by atoms with van der Waals surface area (Å²) >= 11 is 4.64. The minimum atomic E-state index is -0.412. The summed E-state index contributed by atoms with van der Waals surface area (Å²) in [6.07, 6.45) is 9.58. The monoisotopic (exact) mass is 529 g/mol. The summed E-state index contributed by atoms with van der Waals surface area (Å²) in [7, 11) is 2.13. The first-order chi connectivity index (χ1) is 18.5. The van der Waals surface area contributed by atoms with Crippen LogP contribution in [-0.4, -0.2) is 29.9 Å². The molecule has 3 aromatic carbocycles. The highest BCUT2D eigenvalue weighted by Crippen LogP contribution is 2.28. The molecule has 0 saturated heterocycles. The van der Waals surface area contributed by atoms with Crippen LogP contribution in [0, 0.1) is 10.1 Å². The molecule has 5 rings (SSSR count). The average Bonchev–Trinajstić information content (AvgIpc) is 2.95. The van der Waals surface area contributed by atoms with Crippen molar-refractivity contribution >= 4 is 50.9 Å². The summed E-state index contributed by atoms with van der Waals surface area (Å²) in [4.78, 5) is 16.3. The van der Waals surface area contributed by atoms with Crippen LogP contribution in [0.1, 0.15) is 5.56 Å². The van der Waals surface area contributed by atoms with E-state index < -0.39 is 4.92 Å². The number of non-ortho nitro benzene ring substituents is 1. The fourth-order valence-electron chi connectivity index (χ4n) is 4.05. The van der Waals surface area contributed by atoms with E-state index in [-0.39, 0.29) is 5.69 Å². The van der Waals surface area contributed by atoms with Crippen LogP contribution in [0.25, 0.3) is 10.9 Å². The van der Waals surface area contributed by atoms with Gasteiger partial charge >= 0.3 is 0 Å². The van der Waals surface area contributed by atoms with Gasteiger partial charge in [0, 0.05) is 71.2 Å². The number of nitrogens with one attached hydrogen (secondary N) is 4. The Labute approximate surface area is 226 Å². The van der Waals surface area contributed by atoms with Crippen molar-refractivity contribution in [2.45, 2.75) is 6.54 Å². The lowest BCUT2D eigenvalue weighted by molar-refractivity contribution is -0.818. The van der Waals surface area contributed by atoms with E-state index in [2.05, 4.69) is 82.2 Å². The average molecular weight is 530 g/mol. The predicted molar refractivity (Wildman–Crippen MR) is 156 cm³/mol. The maximum Gasteiger partial charge on any atom is 0.271 e. The fourth-order valence-corrected chi connectivity index (χ4v) is 4.05. The van der Waals surface area contributed by atoms with Gasteiger partial charge < -0.3 is 20.9 Å². The number of rotatable bonds is 8. The molecular formula is C29H30ClN6O2+. The van der Waals surface area contributed by atoms with E-state index >= 15 is 0 Å². The number of likely N-dealkylation sites (N-methyl/N-ethyl adjacent to an activating group) is 1. The fraction of sp³-hybridized carbons (Fsp3) is 0.138. The van der Waals surface area contributed by atoms with Crippen molar-refractivity contribution < 1.29 is 9.82 Å². The maximum absolute atomic E-state index is 11.1. The second-order valence-electron chi connectivity index (χ2n) is 8.74. The molecule has 0 aliphatic carbocycles. The molecule has 1 aliphatic rings. The SMILES string of the molecule is CCl.C[NH+]1C=CC(Nc2cccc(CNc3ccc(Nc4ccnc5cc([N+](=O)[O-])ccc45)cc3)c2)=CC1. The van der Waals surface area contributed by atoms with E-state index in [1.165, 1.54) is 29.0 Å². The van der Waals surface area contributed by atoms with Crippen molar-refractivity contribution in [1.29, 1.82) is 0 Å². The summed E-state index contributed by atoms with van der Waals surface area (Å²) in [5, 5.41) is 22.2. The van der Waals surface area contributed by atoms with E-state index in [4.69, 9.17) is 0 Å². The molecule has 1 aliphatic heterocycles. The topological polar surface area (TPSA) is 96.6 Å². The molecule has 38 heavy (non-hydrogen) atoms. The van der Waals surface area contributed by atoms with Gasteiger partial charge in [-0.1, -0.05) is 12.1 Å². The van der Waals surface area contributed by atoms with Crippen LogP contribution in [0.3, 0.4) is 0 Å². The summed E-state index contributed by atoms with van der Waals surface area (Å²) in [5.41, 5.74) is 6.75. The summed E-state index contributed by atoms with van der Waals surface area (Å²) < 4.78 is 0. The third kappa shape index (κ3) is 6.88. The number of alkyl halides is 1. The summed E-state index contributed by atoms with van der Waals surface area (Å²) in [6.45, 7) is 1.68. The van der Waals surface area contributed by atoms with Crippen molar-refractivity contribution in [3.05, 3.63) is 119 Å². The standard InChI is InChI=1S/C28H26N6O2.CH3Cl/c1-33-15-12-23(13-16-33)31-24-4-2-3-20(17-24)19-30-21-5-7-22(8-6-21)32-27-11-14-29-28-18-25(34(35)36)9-10-26(27)28;1-2/h2-15,17-18,30-31H,16,19H2,1H3,(H,29,32);1H3/p+1. The van der Waals surface area contributed by atoms with Gasteiger partial charge in [0.25, 0.3) is 5.69 Å². The molecule has 8 nitrogen and oxygen atoms in total. The smallest absolute Gasteiger partial charge is 0.271 e. The first kappa shape index (κ1) is 26.7. The van der Waals surface area contributed by atoms with Crippen molar-refractivity contribution in [3.8, 4) is 0 Å². The van der Waals surface area contributed by atoms with Gasteiger partial charge in [-0.2, -0.15) is 0 Å².